The van der Waals surface area contributed by atoms with E-state index in [1.165, 1.54) is 0 Å². The normalized spacial score (nSPS) is 10.7. The fraction of sp³-hybridized carbons (Fsp3) is 0.0500. The zero-order chi connectivity index (χ0) is 16.8. The lowest BCUT2D eigenvalue weighted by Gasteiger charge is -2.06. The third-order valence-electron chi connectivity index (χ3n) is 3.59. The number of rotatable bonds is 4. The highest BCUT2D eigenvalue weighted by Crippen LogP contribution is 2.18. The maximum absolute atomic E-state index is 12.0. The lowest BCUT2D eigenvalue weighted by Crippen LogP contribution is -2.23. The van der Waals surface area contributed by atoms with Crippen LogP contribution < -0.4 is 15.4 Å². The predicted molar refractivity (Wildman–Crippen MR) is 98.1 cm³/mol. The van der Waals surface area contributed by atoms with Crippen LogP contribution >= 0.6 is 0 Å². The minimum Gasteiger partial charge on any atom is -0.497 e. The van der Waals surface area contributed by atoms with Crippen LogP contribution in [0.15, 0.2) is 72.9 Å². The van der Waals surface area contributed by atoms with E-state index < -0.39 is 0 Å². The van der Waals surface area contributed by atoms with Gasteiger partial charge < -0.3 is 15.4 Å². The minimum atomic E-state index is -0.288. The first kappa shape index (κ1) is 15.6. The highest BCUT2D eigenvalue weighted by Gasteiger charge is 2.00. The third-order valence-corrected chi connectivity index (χ3v) is 3.59. The summed E-state index contributed by atoms with van der Waals surface area (Å²) in [5.74, 6) is 0.776. The monoisotopic (exact) mass is 318 g/mol. The van der Waals surface area contributed by atoms with E-state index in [1.807, 2.05) is 72.8 Å². The van der Waals surface area contributed by atoms with Gasteiger partial charge in [-0.15, -0.1) is 0 Å². The number of benzene rings is 3. The van der Waals surface area contributed by atoms with Crippen LogP contribution in [0, 0.1) is 0 Å². The second-order valence-electron chi connectivity index (χ2n) is 5.27. The van der Waals surface area contributed by atoms with Gasteiger partial charge in [-0.2, -0.15) is 0 Å². The summed E-state index contributed by atoms with van der Waals surface area (Å²) in [6.45, 7) is 0. The van der Waals surface area contributed by atoms with Gasteiger partial charge in [-0.25, -0.2) is 4.79 Å². The summed E-state index contributed by atoms with van der Waals surface area (Å²) in [4.78, 5) is 12.0. The molecule has 4 nitrogen and oxygen atoms in total. The summed E-state index contributed by atoms with van der Waals surface area (Å²) in [5.41, 5.74) is 1.70. The van der Waals surface area contributed by atoms with Crippen molar-refractivity contribution in [2.24, 2.45) is 0 Å². The standard InChI is InChI=1S/C20H18N2O2/c1-24-19-8-4-5-15(13-19)11-12-21-20(23)22-18-10-9-16-6-2-3-7-17(16)14-18/h2-14H,1H3,(H2,21,22,23)/b12-11+. The van der Waals surface area contributed by atoms with E-state index in [-0.39, 0.29) is 6.03 Å². The Morgan fingerprint density at radius 2 is 1.79 bits per heavy atom. The second kappa shape index (κ2) is 7.33. The van der Waals surface area contributed by atoms with Crippen molar-refractivity contribution < 1.29 is 9.53 Å². The summed E-state index contributed by atoms with van der Waals surface area (Å²) < 4.78 is 5.16. The Bertz CT molecular complexity index is 887. The lowest BCUT2D eigenvalue weighted by atomic mass is 10.1. The van der Waals surface area contributed by atoms with Gasteiger partial charge in [-0.3, -0.25) is 0 Å². The Morgan fingerprint density at radius 1 is 0.958 bits per heavy atom. The van der Waals surface area contributed by atoms with Crippen LogP contribution in [0.25, 0.3) is 16.8 Å². The maximum Gasteiger partial charge on any atom is 0.323 e. The van der Waals surface area contributed by atoms with Gasteiger partial charge in [-0.1, -0.05) is 42.5 Å². The zero-order valence-electron chi connectivity index (χ0n) is 13.3. The van der Waals surface area contributed by atoms with Crippen LogP contribution in [0.4, 0.5) is 10.5 Å². The van der Waals surface area contributed by atoms with Crippen LogP contribution in [0.1, 0.15) is 5.56 Å². The molecule has 0 saturated carbocycles. The number of urea groups is 1. The highest BCUT2D eigenvalue weighted by molar-refractivity contribution is 5.94. The molecule has 120 valence electrons. The van der Waals surface area contributed by atoms with Gasteiger partial charge >= 0.3 is 6.03 Å². The number of hydrogen-bond donors (Lipinski definition) is 2. The molecule has 0 bridgehead atoms. The first-order chi connectivity index (χ1) is 11.7. The van der Waals surface area contributed by atoms with E-state index in [1.54, 1.807) is 13.3 Å². The molecule has 3 aromatic carbocycles. The van der Waals surface area contributed by atoms with E-state index in [4.69, 9.17) is 4.74 Å². The van der Waals surface area contributed by atoms with E-state index in [0.717, 1.165) is 27.8 Å². The topological polar surface area (TPSA) is 50.4 Å². The van der Waals surface area contributed by atoms with E-state index >= 15 is 0 Å². The molecular weight excluding hydrogens is 300 g/mol. The van der Waals surface area contributed by atoms with Crippen LogP contribution in [0.2, 0.25) is 0 Å². The van der Waals surface area contributed by atoms with Crippen LogP contribution in [0.3, 0.4) is 0 Å². The molecule has 0 aliphatic carbocycles. The van der Waals surface area contributed by atoms with Crippen LogP contribution in [0.5, 0.6) is 5.75 Å². The van der Waals surface area contributed by atoms with Crippen LogP contribution in [-0.4, -0.2) is 13.1 Å². The molecule has 3 aromatic rings. The number of methoxy groups -OCH3 is 1. The molecule has 0 atom stereocenters. The summed E-state index contributed by atoms with van der Waals surface area (Å²) in [7, 11) is 1.62. The molecular formula is C20H18N2O2. The highest BCUT2D eigenvalue weighted by atomic mass is 16.5. The molecule has 2 N–H and O–H groups in total. The molecule has 0 aliphatic rings. The van der Waals surface area contributed by atoms with Gasteiger partial charge in [0.05, 0.1) is 7.11 Å². The van der Waals surface area contributed by atoms with Crippen molar-refractivity contribution in [2.75, 3.05) is 12.4 Å². The number of carbonyl (C=O) groups is 1. The predicted octanol–water partition coefficient (Wildman–Crippen LogP) is 4.64. The quantitative estimate of drug-likeness (QED) is 0.736. The van der Waals surface area contributed by atoms with Crippen molar-refractivity contribution >= 4 is 28.6 Å². The Kier molecular flexibility index (Phi) is 4.77. The van der Waals surface area contributed by atoms with Crippen LogP contribution in [-0.2, 0) is 0 Å². The smallest absolute Gasteiger partial charge is 0.323 e. The molecule has 0 radical (unpaired) electrons. The number of amides is 2. The fourth-order valence-corrected chi connectivity index (χ4v) is 2.39. The number of nitrogens with one attached hydrogen (secondary N) is 2. The van der Waals surface area contributed by atoms with Gasteiger partial charge in [0.1, 0.15) is 5.75 Å². The molecule has 3 rings (SSSR count). The number of carbonyl (C=O) groups excluding carboxylic acids is 1. The van der Waals surface area contributed by atoms with E-state index in [9.17, 15) is 4.79 Å². The Balaban J connectivity index is 1.61. The van der Waals surface area contributed by atoms with Crippen molar-refractivity contribution in [2.45, 2.75) is 0 Å². The molecule has 0 aromatic heterocycles. The molecule has 0 fully saturated rings. The molecule has 0 saturated heterocycles. The molecule has 0 spiro atoms. The Hall–Kier alpha value is -3.27. The minimum absolute atomic E-state index is 0.288. The number of anilines is 1. The number of hydrogen-bond acceptors (Lipinski definition) is 2. The van der Waals surface area contributed by atoms with Gasteiger partial charge in [0.25, 0.3) is 0 Å². The van der Waals surface area contributed by atoms with E-state index in [0.29, 0.717) is 0 Å². The third kappa shape index (κ3) is 3.93. The molecule has 4 heteroatoms. The molecule has 0 aliphatic heterocycles. The van der Waals surface area contributed by atoms with Gasteiger partial charge in [-0.05, 0) is 46.7 Å². The van der Waals surface area contributed by atoms with Crippen molar-refractivity contribution in [3.63, 3.8) is 0 Å². The summed E-state index contributed by atoms with van der Waals surface area (Å²) in [5, 5.41) is 7.74. The molecule has 0 heterocycles. The van der Waals surface area contributed by atoms with Gasteiger partial charge in [0.2, 0.25) is 0 Å². The summed E-state index contributed by atoms with van der Waals surface area (Å²) >= 11 is 0. The Morgan fingerprint density at radius 3 is 2.62 bits per heavy atom. The first-order valence-corrected chi connectivity index (χ1v) is 7.61. The maximum atomic E-state index is 12.0. The van der Waals surface area contributed by atoms with Crippen molar-refractivity contribution in [1.82, 2.24) is 5.32 Å². The second-order valence-corrected chi connectivity index (χ2v) is 5.27. The zero-order valence-corrected chi connectivity index (χ0v) is 13.3. The van der Waals surface area contributed by atoms with Gasteiger partial charge in [0, 0.05) is 11.9 Å². The fourth-order valence-electron chi connectivity index (χ4n) is 2.39. The average molecular weight is 318 g/mol. The number of ether oxygens (including phenoxy) is 1. The lowest BCUT2D eigenvalue weighted by molar-refractivity contribution is 0.255. The summed E-state index contributed by atoms with van der Waals surface area (Å²) in [6.07, 6.45) is 3.41. The first-order valence-electron chi connectivity index (χ1n) is 7.61. The van der Waals surface area contributed by atoms with Gasteiger partial charge in [0.15, 0.2) is 0 Å². The van der Waals surface area contributed by atoms with Crippen molar-refractivity contribution in [3.8, 4) is 5.75 Å². The van der Waals surface area contributed by atoms with E-state index in [2.05, 4.69) is 10.6 Å². The molecule has 24 heavy (non-hydrogen) atoms. The van der Waals surface area contributed by atoms with Crippen molar-refractivity contribution in [1.29, 1.82) is 0 Å². The average Bonchev–Trinajstić information content (AvgIpc) is 2.62. The summed E-state index contributed by atoms with van der Waals surface area (Å²) in [6, 6.07) is 21.1. The Labute approximate surface area is 140 Å². The molecule has 2 amide bonds. The SMILES string of the molecule is COc1cccc(/C=C/NC(=O)Nc2ccc3ccccc3c2)c1. The van der Waals surface area contributed by atoms with Crippen molar-refractivity contribution in [3.05, 3.63) is 78.5 Å². The number of fused-ring (bicyclic) bond motifs is 1. The molecule has 0 unspecified atom stereocenters. The largest absolute Gasteiger partial charge is 0.497 e.